The molecule has 2 N–H and O–H groups in total. The van der Waals surface area contributed by atoms with Gasteiger partial charge in [0.1, 0.15) is 0 Å². The zero-order chi connectivity index (χ0) is 13.5. The Bertz CT molecular complexity index is 381. The summed E-state index contributed by atoms with van der Waals surface area (Å²) < 4.78 is 0. The molecule has 0 amide bonds. The van der Waals surface area contributed by atoms with Crippen LogP contribution in [0, 0.1) is 0 Å². The Labute approximate surface area is 116 Å². The maximum atomic E-state index is 9.03. The molecular formula is C16H26N2O. The summed E-state index contributed by atoms with van der Waals surface area (Å²) in [4.78, 5) is 2.54. The minimum absolute atomic E-state index is 0.309. The van der Waals surface area contributed by atoms with Crippen LogP contribution in [-0.4, -0.2) is 30.8 Å². The number of hydrogen-bond acceptors (Lipinski definition) is 3. The van der Waals surface area contributed by atoms with E-state index in [1.807, 2.05) is 0 Å². The van der Waals surface area contributed by atoms with Gasteiger partial charge < -0.3 is 15.3 Å². The first-order chi connectivity index (χ1) is 9.36. The molecule has 1 aliphatic rings. The number of aliphatic hydroxyl groups excluding tert-OH is 1. The molecule has 1 atom stereocenters. The molecule has 19 heavy (non-hydrogen) atoms. The third-order valence-corrected chi connectivity index (χ3v) is 3.94. The molecule has 1 saturated heterocycles. The summed E-state index contributed by atoms with van der Waals surface area (Å²) in [5, 5.41) is 12.4. The van der Waals surface area contributed by atoms with Gasteiger partial charge in [-0.05, 0) is 43.9 Å². The normalized spacial score (nSPS) is 19.1. The first-order valence-electron chi connectivity index (χ1n) is 7.53. The van der Waals surface area contributed by atoms with Crippen molar-refractivity contribution < 1.29 is 5.11 Å². The average molecular weight is 262 g/mol. The number of anilines is 1. The smallest absolute Gasteiger partial charge is 0.0431 e. The molecule has 3 heteroatoms. The lowest BCUT2D eigenvalue weighted by Gasteiger charge is -2.29. The lowest BCUT2D eigenvalue weighted by molar-refractivity contribution is 0.279. The second kappa shape index (κ2) is 7.51. The minimum Gasteiger partial charge on any atom is -0.396 e. The van der Waals surface area contributed by atoms with Crippen LogP contribution in [0.1, 0.15) is 38.2 Å². The maximum Gasteiger partial charge on any atom is 0.0431 e. The van der Waals surface area contributed by atoms with Gasteiger partial charge in [-0.1, -0.05) is 25.1 Å². The number of nitrogens with one attached hydrogen (secondary N) is 1. The Morgan fingerprint density at radius 1 is 1.37 bits per heavy atom. The molecule has 1 heterocycles. The first kappa shape index (κ1) is 14.4. The highest BCUT2D eigenvalue weighted by molar-refractivity contribution is 5.55. The van der Waals surface area contributed by atoms with Gasteiger partial charge in [0.2, 0.25) is 0 Å². The van der Waals surface area contributed by atoms with Crippen molar-refractivity contribution in [3.05, 3.63) is 29.8 Å². The van der Waals surface area contributed by atoms with Crippen molar-refractivity contribution in [2.45, 2.75) is 45.2 Å². The largest absolute Gasteiger partial charge is 0.396 e. The molecular weight excluding hydrogens is 236 g/mol. The van der Waals surface area contributed by atoms with Gasteiger partial charge in [0, 0.05) is 31.4 Å². The number of benzene rings is 1. The molecule has 1 unspecified atom stereocenters. The van der Waals surface area contributed by atoms with Gasteiger partial charge in [0.15, 0.2) is 0 Å². The average Bonchev–Trinajstić information content (AvgIpc) is 2.91. The molecule has 1 aromatic rings. The summed E-state index contributed by atoms with van der Waals surface area (Å²) >= 11 is 0. The van der Waals surface area contributed by atoms with Crippen LogP contribution < -0.4 is 10.2 Å². The molecule has 106 valence electrons. The second-order valence-corrected chi connectivity index (χ2v) is 5.26. The topological polar surface area (TPSA) is 35.5 Å². The van der Waals surface area contributed by atoms with Crippen LogP contribution >= 0.6 is 0 Å². The van der Waals surface area contributed by atoms with Crippen LogP contribution in [0.25, 0.3) is 0 Å². The van der Waals surface area contributed by atoms with Crippen LogP contribution in [0.5, 0.6) is 0 Å². The van der Waals surface area contributed by atoms with Crippen molar-refractivity contribution in [1.29, 1.82) is 0 Å². The van der Waals surface area contributed by atoms with Crippen LogP contribution in [0.4, 0.5) is 5.69 Å². The lowest BCUT2D eigenvalue weighted by atomic mass is 10.1. The number of hydrogen-bond donors (Lipinski definition) is 2. The summed E-state index contributed by atoms with van der Waals surface area (Å²) in [6.07, 6.45) is 4.55. The predicted octanol–water partition coefficient (Wildman–Crippen LogP) is 2.54. The van der Waals surface area contributed by atoms with Crippen LogP contribution in [0.3, 0.4) is 0 Å². The Morgan fingerprint density at radius 2 is 2.21 bits per heavy atom. The molecule has 0 aromatic heterocycles. The molecule has 1 fully saturated rings. The lowest BCUT2D eigenvalue weighted by Crippen LogP contribution is -2.30. The van der Waals surface area contributed by atoms with Crippen LogP contribution in [-0.2, 0) is 6.54 Å². The molecule has 3 nitrogen and oxygen atoms in total. The Balaban J connectivity index is 2.10. The van der Waals surface area contributed by atoms with Crippen molar-refractivity contribution in [3.8, 4) is 0 Å². The Morgan fingerprint density at radius 3 is 3.00 bits per heavy atom. The molecule has 1 aliphatic heterocycles. The van der Waals surface area contributed by atoms with E-state index in [1.54, 1.807) is 0 Å². The highest BCUT2D eigenvalue weighted by Gasteiger charge is 2.25. The zero-order valence-corrected chi connectivity index (χ0v) is 11.9. The highest BCUT2D eigenvalue weighted by atomic mass is 16.2. The van der Waals surface area contributed by atoms with E-state index in [9.17, 15) is 0 Å². The molecule has 0 aliphatic carbocycles. The van der Waals surface area contributed by atoms with Gasteiger partial charge >= 0.3 is 0 Å². The van der Waals surface area contributed by atoms with Gasteiger partial charge in [0.05, 0.1) is 0 Å². The van der Waals surface area contributed by atoms with Gasteiger partial charge in [0.25, 0.3) is 0 Å². The monoisotopic (exact) mass is 262 g/mol. The van der Waals surface area contributed by atoms with E-state index in [1.165, 1.54) is 24.1 Å². The molecule has 2 rings (SSSR count). The Hall–Kier alpha value is -1.06. The quantitative estimate of drug-likeness (QED) is 0.792. The van der Waals surface area contributed by atoms with E-state index in [-0.39, 0.29) is 0 Å². The summed E-state index contributed by atoms with van der Waals surface area (Å²) in [6, 6.07) is 9.32. The molecule has 1 aromatic carbocycles. The van der Waals surface area contributed by atoms with Gasteiger partial charge in [-0.2, -0.15) is 0 Å². The molecule has 0 saturated carbocycles. The van der Waals surface area contributed by atoms with E-state index in [4.69, 9.17) is 5.11 Å². The highest BCUT2D eigenvalue weighted by Crippen LogP contribution is 2.30. The first-order valence-corrected chi connectivity index (χ1v) is 7.53. The fraction of sp³-hybridized carbons (Fsp3) is 0.625. The number of aliphatic hydroxyl groups is 1. The van der Waals surface area contributed by atoms with Gasteiger partial charge in [-0.15, -0.1) is 0 Å². The van der Waals surface area contributed by atoms with E-state index >= 15 is 0 Å². The number of para-hydroxylation sites is 1. The van der Waals surface area contributed by atoms with E-state index in [2.05, 4.69) is 41.4 Å². The van der Waals surface area contributed by atoms with E-state index < -0.39 is 0 Å². The Kier molecular flexibility index (Phi) is 5.67. The summed E-state index contributed by atoms with van der Waals surface area (Å²) in [6.45, 7) is 5.54. The molecule has 0 bridgehead atoms. The van der Waals surface area contributed by atoms with Crippen LogP contribution in [0.2, 0.25) is 0 Å². The fourth-order valence-corrected chi connectivity index (χ4v) is 2.98. The fourth-order valence-electron chi connectivity index (χ4n) is 2.98. The predicted molar refractivity (Wildman–Crippen MR) is 80.5 cm³/mol. The molecule has 0 radical (unpaired) electrons. The van der Waals surface area contributed by atoms with Crippen molar-refractivity contribution in [1.82, 2.24) is 5.32 Å². The second-order valence-electron chi connectivity index (χ2n) is 5.26. The van der Waals surface area contributed by atoms with Gasteiger partial charge in [-0.3, -0.25) is 0 Å². The maximum absolute atomic E-state index is 9.03. The SMILES string of the molecule is CCNCc1ccccc1N1CCCC1CCCO. The standard InChI is InChI=1S/C16H26N2O/c1-2-17-13-14-7-3-4-10-16(14)18-11-5-8-15(18)9-6-12-19/h3-4,7,10,15,17,19H,2,5-6,8-9,11-13H2,1H3. The van der Waals surface area contributed by atoms with Crippen molar-refractivity contribution in [2.75, 3.05) is 24.6 Å². The van der Waals surface area contributed by atoms with Crippen molar-refractivity contribution in [3.63, 3.8) is 0 Å². The minimum atomic E-state index is 0.309. The third kappa shape index (κ3) is 3.71. The third-order valence-electron chi connectivity index (χ3n) is 3.94. The van der Waals surface area contributed by atoms with Gasteiger partial charge in [-0.25, -0.2) is 0 Å². The summed E-state index contributed by atoms with van der Waals surface area (Å²) in [5.41, 5.74) is 2.77. The van der Waals surface area contributed by atoms with Crippen molar-refractivity contribution in [2.24, 2.45) is 0 Å². The van der Waals surface area contributed by atoms with Crippen LogP contribution in [0.15, 0.2) is 24.3 Å². The summed E-state index contributed by atoms with van der Waals surface area (Å²) in [5.74, 6) is 0. The number of rotatable bonds is 7. The van der Waals surface area contributed by atoms with E-state index in [0.717, 1.165) is 32.5 Å². The zero-order valence-electron chi connectivity index (χ0n) is 11.9. The van der Waals surface area contributed by atoms with E-state index in [0.29, 0.717) is 12.6 Å². The van der Waals surface area contributed by atoms with Crippen molar-refractivity contribution >= 4 is 5.69 Å². The summed E-state index contributed by atoms with van der Waals surface area (Å²) in [7, 11) is 0. The number of nitrogens with zero attached hydrogens (tertiary/aromatic N) is 1. The molecule has 0 spiro atoms.